The highest BCUT2D eigenvalue weighted by Crippen LogP contribution is 2.14. The number of nitrogens with zero attached hydrogens (tertiary/aromatic N) is 3. The van der Waals surface area contributed by atoms with Crippen molar-refractivity contribution in [1.29, 1.82) is 0 Å². The third kappa shape index (κ3) is 2.59. The molecule has 1 fully saturated rings. The molecule has 1 heterocycles. The standard InChI is InChI=1S/C12H16N4/c1-15(2)10-13-12-8-9-16(14-12)11-6-4-3-5-7-11/h3-7,10H,8-9H2,1-2H3/p+1. The fourth-order valence-corrected chi connectivity index (χ4v) is 1.57. The van der Waals surface area contributed by atoms with Crippen molar-refractivity contribution in [3.05, 3.63) is 30.3 Å². The molecule has 0 aliphatic carbocycles. The Morgan fingerprint density at radius 1 is 1.31 bits per heavy atom. The minimum absolute atomic E-state index is 0.958. The zero-order valence-electron chi connectivity index (χ0n) is 9.72. The molecule has 0 radical (unpaired) electrons. The third-order valence-electron chi connectivity index (χ3n) is 2.35. The first-order valence-electron chi connectivity index (χ1n) is 5.41. The highest BCUT2D eigenvalue weighted by Gasteiger charge is 2.19. The average molecular weight is 217 g/mol. The van der Waals surface area contributed by atoms with Crippen molar-refractivity contribution in [2.45, 2.75) is 6.42 Å². The first-order chi connectivity index (χ1) is 7.75. The van der Waals surface area contributed by atoms with Crippen molar-refractivity contribution in [1.82, 2.24) is 5.43 Å². The SMILES string of the molecule is C[N+](C)=CN=C1CCN(c2ccccc2)N1. The quantitative estimate of drug-likeness (QED) is 0.457. The molecule has 2 rings (SSSR count). The fraction of sp³-hybridized carbons (Fsp3) is 0.333. The van der Waals surface area contributed by atoms with Crippen LogP contribution in [0.2, 0.25) is 0 Å². The van der Waals surface area contributed by atoms with Gasteiger partial charge in [-0.1, -0.05) is 18.2 Å². The van der Waals surface area contributed by atoms with Crippen molar-refractivity contribution in [2.75, 3.05) is 25.6 Å². The van der Waals surface area contributed by atoms with Gasteiger partial charge in [-0.2, -0.15) is 0 Å². The summed E-state index contributed by atoms with van der Waals surface area (Å²) >= 11 is 0. The smallest absolute Gasteiger partial charge is 0.283 e. The number of benzene rings is 1. The summed E-state index contributed by atoms with van der Waals surface area (Å²) in [6.07, 6.45) is 2.77. The second-order valence-electron chi connectivity index (χ2n) is 4.00. The van der Waals surface area contributed by atoms with Gasteiger partial charge in [0.1, 0.15) is 0 Å². The second-order valence-corrected chi connectivity index (χ2v) is 4.00. The van der Waals surface area contributed by atoms with E-state index in [0.29, 0.717) is 0 Å². The molecule has 0 amide bonds. The Balaban J connectivity index is 2.04. The number of rotatable bonds is 2. The van der Waals surface area contributed by atoms with E-state index < -0.39 is 0 Å². The van der Waals surface area contributed by atoms with Crippen molar-refractivity contribution >= 4 is 17.9 Å². The lowest BCUT2D eigenvalue weighted by molar-refractivity contribution is -0.460. The maximum absolute atomic E-state index is 4.36. The van der Waals surface area contributed by atoms with Crippen molar-refractivity contribution in [2.24, 2.45) is 4.99 Å². The van der Waals surface area contributed by atoms with Gasteiger partial charge in [-0.05, 0) is 17.1 Å². The molecule has 1 aromatic rings. The van der Waals surface area contributed by atoms with Gasteiger partial charge in [0.15, 0.2) is 0 Å². The Bertz CT molecular complexity index is 404. The number of hydrazine groups is 1. The van der Waals surface area contributed by atoms with E-state index in [9.17, 15) is 0 Å². The Morgan fingerprint density at radius 3 is 2.75 bits per heavy atom. The fourth-order valence-electron chi connectivity index (χ4n) is 1.57. The molecule has 16 heavy (non-hydrogen) atoms. The van der Waals surface area contributed by atoms with E-state index in [0.717, 1.165) is 18.8 Å². The van der Waals surface area contributed by atoms with Crippen LogP contribution in [-0.4, -0.2) is 37.4 Å². The lowest BCUT2D eigenvalue weighted by atomic mass is 10.3. The average Bonchev–Trinajstić information content (AvgIpc) is 2.76. The van der Waals surface area contributed by atoms with Crippen LogP contribution in [0.25, 0.3) is 0 Å². The van der Waals surface area contributed by atoms with Crippen LogP contribution in [0, 0.1) is 0 Å². The molecule has 4 nitrogen and oxygen atoms in total. The third-order valence-corrected chi connectivity index (χ3v) is 2.35. The summed E-state index contributed by atoms with van der Waals surface area (Å²) in [6.45, 7) is 0.962. The largest absolute Gasteiger partial charge is 0.285 e. The van der Waals surface area contributed by atoms with E-state index in [4.69, 9.17) is 0 Å². The minimum Gasteiger partial charge on any atom is -0.285 e. The summed E-state index contributed by atoms with van der Waals surface area (Å²) in [5.74, 6) is 1.01. The Hall–Kier alpha value is -1.84. The Kier molecular flexibility index (Phi) is 3.19. The summed E-state index contributed by atoms with van der Waals surface area (Å²) in [4.78, 5) is 4.36. The molecule has 0 aromatic heterocycles. The van der Waals surface area contributed by atoms with E-state index in [2.05, 4.69) is 27.6 Å². The molecule has 1 N–H and O–H groups in total. The van der Waals surface area contributed by atoms with E-state index in [1.807, 2.05) is 43.2 Å². The molecule has 0 spiro atoms. The van der Waals surface area contributed by atoms with E-state index in [1.165, 1.54) is 5.69 Å². The van der Waals surface area contributed by atoms with Gasteiger partial charge in [-0.25, -0.2) is 0 Å². The molecule has 84 valence electrons. The topological polar surface area (TPSA) is 30.6 Å². The predicted molar refractivity (Wildman–Crippen MR) is 67.1 cm³/mol. The van der Waals surface area contributed by atoms with Crippen LogP contribution < -0.4 is 10.4 Å². The number of hydrogen-bond donors (Lipinski definition) is 1. The molecular formula is C12H17N4+. The van der Waals surface area contributed by atoms with Crippen LogP contribution in [0.5, 0.6) is 0 Å². The number of amidine groups is 1. The zero-order chi connectivity index (χ0) is 11.4. The van der Waals surface area contributed by atoms with Crippen LogP contribution in [0.4, 0.5) is 5.69 Å². The predicted octanol–water partition coefficient (Wildman–Crippen LogP) is 1.10. The van der Waals surface area contributed by atoms with Gasteiger partial charge in [0.05, 0.1) is 26.2 Å². The van der Waals surface area contributed by atoms with Gasteiger partial charge >= 0.3 is 0 Å². The summed E-state index contributed by atoms with van der Waals surface area (Å²) in [5, 5.41) is 2.11. The van der Waals surface area contributed by atoms with Crippen LogP contribution in [0.15, 0.2) is 35.3 Å². The minimum atomic E-state index is 0.958. The highest BCUT2D eigenvalue weighted by atomic mass is 15.5. The lowest BCUT2D eigenvalue weighted by Crippen LogP contribution is -2.33. The van der Waals surface area contributed by atoms with Gasteiger partial charge < -0.3 is 0 Å². The molecule has 4 heteroatoms. The highest BCUT2D eigenvalue weighted by molar-refractivity contribution is 5.91. The Labute approximate surface area is 95.9 Å². The van der Waals surface area contributed by atoms with Crippen LogP contribution in [0.1, 0.15) is 6.42 Å². The van der Waals surface area contributed by atoms with Gasteiger partial charge in [0, 0.05) is 6.54 Å². The molecule has 1 aromatic carbocycles. The first kappa shape index (κ1) is 10.7. The zero-order valence-corrected chi connectivity index (χ0v) is 9.72. The van der Waals surface area contributed by atoms with Crippen molar-refractivity contribution in [3.8, 4) is 0 Å². The molecule has 0 saturated carbocycles. The summed E-state index contributed by atoms with van der Waals surface area (Å²) in [7, 11) is 3.93. The number of hydrogen-bond acceptors (Lipinski definition) is 1. The molecule has 0 atom stereocenters. The maximum atomic E-state index is 4.36. The number of nitrogens with one attached hydrogen (secondary N) is 1. The second kappa shape index (κ2) is 4.79. The molecule has 1 aliphatic rings. The van der Waals surface area contributed by atoms with Crippen LogP contribution >= 0.6 is 0 Å². The Morgan fingerprint density at radius 2 is 2.06 bits per heavy atom. The molecule has 1 aliphatic heterocycles. The van der Waals surface area contributed by atoms with E-state index in [-0.39, 0.29) is 0 Å². The number of anilines is 1. The molecule has 1 saturated heterocycles. The normalized spacial score (nSPS) is 17.4. The monoisotopic (exact) mass is 217 g/mol. The summed E-state index contributed by atoms with van der Waals surface area (Å²) in [5.41, 5.74) is 4.47. The molecule has 0 bridgehead atoms. The molecular weight excluding hydrogens is 200 g/mol. The van der Waals surface area contributed by atoms with Crippen LogP contribution in [-0.2, 0) is 0 Å². The maximum Gasteiger partial charge on any atom is 0.283 e. The van der Waals surface area contributed by atoms with Gasteiger partial charge in [0.2, 0.25) is 5.84 Å². The van der Waals surface area contributed by atoms with Gasteiger partial charge in [-0.3, -0.25) is 15.0 Å². The van der Waals surface area contributed by atoms with Crippen molar-refractivity contribution < 1.29 is 4.58 Å². The van der Waals surface area contributed by atoms with E-state index in [1.54, 1.807) is 0 Å². The first-order valence-corrected chi connectivity index (χ1v) is 5.41. The molecule has 0 unspecified atom stereocenters. The van der Waals surface area contributed by atoms with E-state index >= 15 is 0 Å². The summed E-state index contributed by atoms with van der Waals surface area (Å²) < 4.78 is 1.93. The van der Waals surface area contributed by atoms with Crippen molar-refractivity contribution in [3.63, 3.8) is 0 Å². The van der Waals surface area contributed by atoms with Gasteiger partial charge in [0.25, 0.3) is 6.34 Å². The number of aliphatic imine (C=N–C) groups is 1. The number of para-hydroxylation sites is 1. The summed E-state index contributed by atoms with van der Waals surface area (Å²) in [6, 6.07) is 10.3. The lowest BCUT2D eigenvalue weighted by Gasteiger charge is -2.16. The van der Waals surface area contributed by atoms with Gasteiger partial charge in [-0.15, -0.1) is 0 Å². The van der Waals surface area contributed by atoms with Crippen LogP contribution in [0.3, 0.4) is 0 Å².